The Morgan fingerprint density at radius 1 is 1.08 bits per heavy atom. The first-order valence-corrected chi connectivity index (χ1v) is 10.2. The van der Waals surface area contributed by atoms with Gasteiger partial charge in [0, 0.05) is 46.3 Å². The van der Waals surface area contributed by atoms with Crippen LogP contribution in [0, 0.1) is 19.8 Å². The Labute approximate surface area is 146 Å². The molecule has 0 unspecified atom stereocenters. The molecule has 0 aromatic heterocycles. The highest BCUT2D eigenvalue weighted by Crippen LogP contribution is 2.31. The first kappa shape index (κ1) is 17.9. The molecule has 0 aliphatic carbocycles. The van der Waals surface area contributed by atoms with Gasteiger partial charge in [-0.05, 0) is 49.3 Å². The minimum absolute atomic E-state index is 0.317. The van der Waals surface area contributed by atoms with E-state index in [9.17, 15) is 8.42 Å². The normalized spacial score (nSPS) is 26.0. The van der Waals surface area contributed by atoms with E-state index in [1.807, 2.05) is 0 Å². The van der Waals surface area contributed by atoms with Crippen LogP contribution in [0.25, 0.3) is 0 Å². The lowest BCUT2D eigenvalue weighted by Gasteiger charge is -2.36. The molecule has 5 nitrogen and oxygen atoms in total. The zero-order valence-electron chi connectivity index (χ0n) is 15.2. The van der Waals surface area contributed by atoms with Crippen LogP contribution in [0.5, 0.6) is 0 Å². The Hall–Kier alpha value is -0.950. The minimum atomic E-state index is -3.32. The van der Waals surface area contributed by atoms with Gasteiger partial charge in [0.05, 0.1) is 0 Å². The van der Waals surface area contributed by atoms with Gasteiger partial charge in [-0.2, -0.15) is 17.0 Å². The van der Waals surface area contributed by atoms with Crippen LogP contribution >= 0.6 is 0 Å². The average Bonchev–Trinajstić information content (AvgIpc) is 2.83. The van der Waals surface area contributed by atoms with Crippen LogP contribution < -0.4 is 0 Å². The second-order valence-corrected chi connectivity index (χ2v) is 9.65. The molecule has 0 N–H and O–H groups in total. The number of benzene rings is 1. The summed E-state index contributed by atoms with van der Waals surface area (Å²) >= 11 is 0. The Kier molecular flexibility index (Phi) is 5.02. The molecular weight excluding hydrogens is 322 g/mol. The molecule has 3 heterocycles. The van der Waals surface area contributed by atoms with Crippen molar-refractivity contribution in [1.82, 2.24) is 13.5 Å². The zero-order valence-corrected chi connectivity index (χ0v) is 16.0. The molecule has 3 fully saturated rings. The van der Waals surface area contributed by atoms with Crippen LogP contribution in [0.4, 0.5) is 0 Å². The lowest BCUT2D eigenvalue weighted by molar-refractivity contribution is 0.125. The van der Waals surface area contributed by atoms with Gasteiger partial charge in [-0.3, -0.25) is 4.90 Å². The summed E-state index contributed by atoms with van der Waals surface area (Å²) in [4.78, 5) is 2.51. The van der Waals surface area contributed by atoms with Crippen LogP contribution in [0.1, 0.15) is 29.5 Å². The molecule has 3 aliphatic rings. The van der Waals surface area contributed by atoms with Gasteiger partial charge in [0.2, 0.25) is 0 Å². The average molecular weight is 352 g/mol. The number of fused-ring (bicyclic) bond motifs is 4. The van der Waals surface area contributed by atoms with Crippen molar-refractivity contribution in [3.05, 3.63) is 34.9 Å². The smallest absolute Gasteiger partial charge is 0.281 e. The highest BCUT2D eigenvalue weighted by atomic mass is 32.2. The summed E-state index contributed by atoms with van der Waals surface area (Å²) in [7, 11) is -0.0785. The molecule has 0 spiro atoms. The van der Waals surface area contributed by atoms with E-state index in [0.29, 0.717) is 25.0 Å². The van der Waals surface area contributed by atoms with Gasteiger partial charge < -0.3 is 0 Å². The Morgan fingerprint density at radius 2 is 1.75 bits per heavy atom. The summed E-state index contributed by atoms with van der Waals surface area (Å²) in [6.45, 7) is 7.53. The third-order valence-corrected chi connectivity index (χ3v) is 7.46. The van der Waals surface area contributed by atoms with Gasteiger partial charge in [0.25, 0.3) is 10.2 Å². The molecule has 1 aromatic rings. The van der Waals surface area contributed by atoms with Crippen molar-refractivity contribution in [2.24, 2.45) is 5.92 Å². The maximum absolute atomic E-state index is 12.6. The minimum Gasteiger partial charge on any atom is -0.294 e. The fraction of sp³-hybridized carbons (Fsp3) is 0.667. The summed E-state index contributed by atoms with van der Waals surface area (Å²) < 4.78 is 28.2. The molecule has 0 radical (unpaired) electrons. The van der Waals surface area contributed by atoms with Crippen molar-refractivity contribution in [1.29, 1.82) is 0 Å². The summed E-state index contributed by atoms with van der Waals surface area (Å²) in [5.74, 6) is 0.433. The Bertz CT molecular complexity index is 682. The molecule has 24 heavy (non-hydrogen) atoms. The van der Waals surface area contributed by atoms with Crippen LogP contribution in [0.3, 0.4) is 0 Å². The summed E-state index contributed by atoms with van der Waals surface area (Å²) in [6, 6.07) is 6.76. The van der Waals surface area contributed by atoms with E-state index in [-0.39, 0.29) is 0 Å². The molecule has 6 heteroatoms. The topological polar surface area (TPSA) is 43.9 Å². The Morgan fingerprint density at radius 3 is 2.38 bits per heavy atom. The second-order valence-electron chi connectivity index (χ2n) is 7.50. The zero-order chi connectivity index (χ0) is 17.5. The van der Waals surface area contributed by atoms with E-state index < -0.39 is 10.2 Å². The SMILES string of the molecule is Cc1cccc(C)c1CN1C[C@H]2CC[C@@H]1CN(S(=O)(=O)N(C)C)C2. The highest BCUT2D eigenvalue weighted by molar-refractivity contribution is 7.86. The fourth-order valence-electron chi connectivity index (χ4n) is 4.05. The van der Waals surface area contributed by atoms with Crippen LogP contribution in [0.15, 0.2) is 18.2 Å². The lowest BCUT2D eigenvalue weighted by atomic mass is 9.93. The van der Waals surface area contributed by atoms with Gasteiger partial charge in [0.15, 0.2) is 0 Å². The van der Waals surface area contributed by atoms with E-state index in [1.165, 1.54) is 21.0 Å². The molecule has 2 bridgehead atoms. The van der Waals surface area contributed by atoms with E-state index in [1.54, 1.807) is 18.4 Å². The number of aryl methyl sites for hydroxylation is 2. The first-order chi connectivity index (χ1) is 11.3. The fourth-order valence-corrected chi connectivity index (χ4v) is 5.27. The number of piperidine rings is 1. The van der Waals surface area contributed by atoms with Crippen molar-refractivity contribution in [2.45, 2.75) is 39.3 Å². The van der Waals surface area contributed by atoms with Crippen molar-refractivity contribution in [2.75, 3.05) is 33.7 Å². The summed E-state index contributed by atoms with van der Waals surface area (Å²) in [5.41, 5.74) is 4.05. The quantitative estimate of drug-likeness (QED) is 0.833. The largest absolute Gasteiger partial charge is 0.294 e. The van der Waals surface area contributed by atoms with Gasteiger partial charge in [-0.1, -0.05) is 18.2 Å². The maximum atomic E-state index is 12.6. The van der Waals surface area contributed by atoms with Crippen LogP contribution in [-0.2, 0) is 16.8 Å². The standard InChI is InChI=1S/C18H29N3O2S/c1-14-6-5-7-15(2)18(14)13-20-10-16-8-9-17(20)12-21(11-16)24(22,23)19(3)4/h5-7,16-17H,8-13H2,1-4H3/t16-,17-/m1/s1. The van der Waals surface area contributed by atoms with Gasteiger partial charge in [-0.25, -0.2) is 0 Å². The number of nitrogens with zero attached hydrogens (tertiary/aromatic N) is 3. The molecule has 3 aliphatic heterocycles. The third kappa shape index (κ3) is 3.38. The number of hydrogen-bond acceptors (Lipinski definition) is 3. The lowest BCUT2D eigenvalue weighted by Crippen LogP contribution is -2.46. The van der Waals surface area contributed by atoms with E-state index in [4.69, 9.17) is 0 Å². The number of rotatable bonds is 4. The summed E-state index contributed by atoms with van der Waals surface area (Å²) in [6.07, 6.45) is 2.22. The van der Waals surface area contributed by atoms with Crippen molar-refractivity contribution < 1.29 is 8.42 Å². The summed E-state index contributed by atoms with van der Waals surface area (Å²) in [5, 5.41) is 0. The molecule has 0 saturated carbocycles. The van der Waals surface area contributed by atoms with Crippen LogP contribution in [0.2, 0.25) is 0 Å². The van der Waals surface area contributed by atoms with Gasteiger partial charge >= 0.3 is 0 Å². The monoisotopic (exact) mass is 351 g/mol. The molecule has 134 valence electrons. The van der Waals surface area contributed by atoms with E-state index in [2.05, 4.69) is 36.9 Å². The van der Waals surface area contributed by atoms with Crippen molar-refractivity contribution in [3.8, 4) is 0 Å². The van der Waals surface area contributed by atoms with Crippen LogP contribution in [-0.4, -0.2) is 61.7 Å². The molecule has 2 atom stereocenters. The van der Waals surface area contributed by atoms with E-state index in [0.717, 1.165) is 25.9 Å². The highest BCUT2D eigenvalue weighted by Gasteiger charge is 2.39. The molecule has 0 amide bonds. The molecule has 3 saturated heterocycles. The predicted octanol–water partition coefficient (Wildman–Crippen LogP) is 2.01. The maximum Gasteiger partial charge on any atom is 0.281 e. The second kappa shape index (κ2) is 6.75. The van der Waals surface area contributed by atoms with Crippen molar-refractivity contribution >= 4 is 10.2 Å². The molecular formula is C18H29N3O2S. The first-order valence-electron chi connectivity index (χ1n) is 8.75. The molecule has 4 rings (SSSR count). The van der Waals surface area contributed by atoms with E-state index >= 15 is 0 Å². The predicted molar refractivity (Wildman–Crippen MR) is 97.0 cm³/mol. The molecule has 1 aromatic carbocycles. The Balaban J connectivity index is 1.82. The van der Waals surface area contributed by atoms with Gasteiger partial charge in [0.1, 0.15) is 0 Å². The third-order valence-electron chi connectivity index (χ3n) is 5.59. The van der Waals surface area contributed by atoms with Gasteiger partial charge in [-0.15, -0.1) is 0 Å². The van der Waals surface area contributed by atoms with Crippen molar-refractivity contribution in [3.63, 3.8) is 0 Å². The number of hydrogen-bond donors (Lipinski definition) is 0.